The number of hydrogen-bond donors (Lipinski definition) is 1. The Morgan fingerprint density at radius 2 is 2.21 bits per heavy atom. The smallest absolute Gasteiger partial charge is 0.334 e. The Bertz CT molecular complexity index is 187. The second kappa shape index (κ2) is 5.82. The minimum absolute atomic E-state index is 0.0867. The van der Waals surface area contributed by atoms with E-state index in [0.29, 0.717) is 19.7 Å². The van der Waals surface area contributed by atoms with E-state index >= 15 is 0 Å². The molecule has 1 heterocycles. The summed E-state index contributed by atoms with van der Waals surface area (Å²) in [4.78, 5) is 13.2. The van der Waals surface area contributed by atoms with Crippen LogP contribution >= 0.6 is 0 Å². The Kier molecular flexibility index (Phi) is 4.69. The van der Waals surface area contributed by atoms with Crippen LogP contribution in [0.5, 0.6) is 0 Å². The zero-order chi connectivity index (χ0) is 10.4. The van der Waals surface area contributed by atoms with Crippen molar-refractivity contribution in [2.75, 3.05) is 32.8 Å². The van der Waals surface area contributed by atoms with Gasteiger partial charge in [0.15, 0.2) is 0 Å². The van der Waals surface area contributed by atoms with Gasteiger partial charge in [-0.15, -0.1) is 0 Å². The van der Waals surface area contributed by atoms with Crippen molar-refractivity contribution in [1.29, 1.82) is 0 Å². The predicted molar refractivity (Wildman–Crippen MR) is 53.6 cm³/mol. The lowest BCUT2D eigenvalue weighted by atomic mass is 10.3. The first-order chi connectivity index (χ1) is 6.75. The summed E-state index contributed by atoms with van der Waals surface area (Å²) in [5, 5.41) is 1.27. The van der Waals surface area contributed by atoms with Crippen LogP contribution in [-0.2, 0) is 4.74 Å². The molecule has 1 aliphatic heterocycles. The number of ether oxygens (including phenoxy) is 1. The molecule has 0 saturated carbocycles. The Morgan fingerprint density at radius 3 is 2.93 bits per heavy atom. The van der Waals surface area contributed by atoms with Crippen molar-refractivity contribution in [2.24, 2.45) is 5.84 Å². The lowest BCUT2D eigenvalue weighted by Gasteiger charge is -2.32. The number of nitrogens with zero attached hydrogens (tertiary/aromatic N) is 2. The van der Waals surface area contributed by atoms with Crippen LogP contribution in [0.4, 0.5) is 4.79 Å². The first-order valence-corrected chi connectivity index (χ1v) is 5.14. The van der Waals surface area contributed by atoms with E-state index in [2.05, 4.69) is 6.92 Å². The van der Waals surface area contributed by atoms with Gasteiger partial charge in [-0.05, 0) is 12.8 Å². The van der Waals surface area contributed by atoms with Crippen molar-refractivity contribution in [2.45, 2.75) is 19.8 Å². The number of nitrogens with two attached hydrogens (primary N) is 1. The first kappa shape index (κ1) is 11.3. The van der Waals surface area contributed by atoms with Crippen LogP contribution < -0.4 is 5.84 Å². The van der Waals surface area contributed by atoms with E-state index in [1.807, 2.05) is 0 Å². The minimum atomic E-state index is -0.0867. The summed E-state index contributed by atoms with van der Waals surface area (Å²) in [5.74, 6) is 5.50. The van der Waals surface area contributed by atoms with E-state index in [-0.39, 0.29) is 6.03 Å². The molecule has 0 aromatic heterocycles. The summed E-state index contributed by atoms with van der Waals surface area (Å²) in [6.45, 7) is 5.52. The molecule has 1 aliphatic rings. The van der Waals surface area contributed by atoms with E-state index in [0.717, 1.165) is 26.0 Å². The monoisotopic (exact) mass is 201 g/mol. The third kappa shape index (κ3) is 3.16. The van der Waals surface area contributed by atoms with Crippen molar-refractivity contribution in [3.8, 4) is 0 Å². The number of carbonyl (C=O) groups excluding carboxylic acids is 1. The highest BCUT2D eigenvalue weighted by Gasteiger charge is 2.22. The molecule has 0 aromatic carbocycles. The fraction of sp³-hybridized carbons (Fsp3) is 0.889. The van der Waals surface area contributed by atoms with Crippen molar-refractivity contribution >= 4 is 6.03 Å². The molecule has 2 N–H and O–H groups in total. The fourth-order valence-electron chi connectivity index (χ4n) is 1.43. The van der Waals surface area contributed by atoms with Crippen molar-refractivity contribution in [3.05, 3.63) is 0 Å². The Morgan fingerprint density at radius 1 is 1.43 bits per heavy atom. The highest BCUT2D eigenvalue weighted by Crippen LogP contribution is 2.04. The predicted octanol–water partition coefficient (Wildman–Crippen LogP) is 0.414. The molecular formula is C9H19N3O2. The Hall–Kier alpha value is -0.810. The molecule has 0 atom stereocenters. The molecule has 82 valence electrons. The van der Waals surface area contributed by atoms with Gasteiger partial charge in [0.2, 0.25) is 0 Å². The highest BCUT2D eigenvalue weighted by molar-refractivity contribution is 5.74. The number of urea groups is 1. The van der Waals surface area contributed by atoms with Crippen LogP contribution in [0.15, 0.2) is 0 Å². The minimum Gasteiger partial charge on any atom is -0.380 e. The van der Waals surface area contributed by atoms with Gasteiger partial charge in [0, 0.05) is 26.2 Å². The molecule has 0 bridgehead atoms. The average Bonchev–Trinajstić information content (AvgIpc) is 2.19. The van der Waals surface area contributed by atoms with Crippen LogP contribution in [0, 0.1) is 0 Å². The van der Waals surface area contributed by atoms with E-state index in [9.17, 15) is 4.79 Å². The van der Waals surface area contributed by atoms with Crippen molar-refractivity contribution in [1.82, 2.24) is 9.91 Å². The molecule has 0 aromatic rings. The maximum atomic E-state index is 11.5. The second-order valence-electron chi connectivity index (χ2n) is 3.43. The molecule has 0 unspecified atom stereocenters. The summed E-state index contributed by atoms with van der Waals surface area (Å²) < 4.78 is 5.32. The van der Waals surface area contributed by atoms with E-state index in [1.165, 1.54) is 5.01 Å². The van der Waals surface area contributed by atoms with E-state index in [4.69, 9.17) is 10.6 Å². The summed E-state index contributed by atoms with van der Waals surface area (Å²) in [5.41, 5.74) is 0. The van der Waals surface area contributed by atoms with Crippen LogP contribution in [0.3, 0.4) is 0 Å². The molecule has 1 rings (SSSR count). The first-order valence-electron chi connectivity index (χ1n) is 5.14. The lowest BCUT2D eigenvalue weighted by molar-refractivity contribution is 0.0867. The molecule has 0 radical (unpaired) electrons. The summed E-state index contributed by atoms with van der Waals surface area (Å²) in [6.07, 6.45) is 1.95. The maximum absolute atomic E-state index is 11.5. The quantitative estimate of drug-likeness (QED) is 0.398. The Labute approximate surface area is 84.8 Å². The summed E-state index contributed by atoms with van der Waals surface area (Å²) in [6, 6.07) is -0.0867. The van der Waals surface area contributed by atoms with Gasteiger partial charge in [-0.2, -0.15) is 0 Å². The molecule has 0 aliphatic carbocycles. The van der Waals surface area contributed by atoms with Crippen LogP contribution in [0.2, 0.25) is 0 Å². The second-order valence-corrected chi connectivity index (χ2v) is 3.43. The van der Waals surface area contributed by atoms with Gasteiger partial charge in [0.05, 0.1) is 6.61 Å². The van der Waals surface area contributed by atoms with Crippen molar-refractivity contribution < 1.29 is 9.53 Å². The maximum Gasteiger partial charge on any atom is 0.334 e. The lowest BCUT2D eigenvalue weighted by Crippen LogP contribution is -2.53. The number of carbonyl (C=O) groups is 1. The zero-order valence-corrected chi connectivity index (χ0v) is 8.74. The SMILES string of the molecule is CCCOCCN1CCCN(N)C1=O. The molecule has 1 saturated heterocycles. The number of rotatable bonds is 5. The molecule has 14 heavy (non-hydrogen) atoms. The largest absolute Gasteiger partial charge is 0.380 e. The van der Waals surface area contributed by atoms with Crippen LogP contribution in [-0.4, -0.2) is 48.8 Å². The molecule has 5 nitrogen and oxygen atoms in total. The van der Waals surface area contributed by atoms with Gasteiger partial charge >= 0.3 is 6.03 Å². The summed E-state index contributed by atoms with van der Waals surface area (Å²) >= 11 is 0. The van der Waals surface area contributed by atoms with Gasteiger partial charge in [-0.3, -0.25) is 5.01 Å². The van der Waals surface area contributed by atoms with Gasteiger partial charge in [0.1, 0.15) is 0 Å². The Balaban J connectivity index is 2.19. The van der Waals surface area contributed by atoms with Crippen LogP contribution in [0.25, 0.3) is 0 Å². The molecule has 2 amide bonds. The van der Waals surface area contributed by atoms with Gasteiger partial charge < -0.3 is 9.64 Å². The van der Waals surface area contributed by atoms with Crippen molar-refractivity contribution in [3.63, 3.8) is 0 Å². The summed E-state index contributed by atoms with van der Waals surface area (Å²) in [7, 11) is 0. The molecule has 5 heteroatoms. The topological polar surface area (TPSA) is 58.8 Å². The average molecular weight is 201 g/mol. The zero-order valence-electron chi connectivity index (χ0n) is 8.74. The molecule has 0 spiro atoms. The van der Waals surface area contributed by atoms with Crippen LogP contribution in [0.1, 0.15) is 19.8 Å². The third-order valence-electron chi connectivity index (χ3n) is 2.20. The van der Waals surface area contributed by atoms with Gasteiger partial charge in [-0.1, -0.05) is 6.92 Å². The normalized spacial score (nSPS) is 17.7. The number of hydrogen-bond acceptors (Lipinski definition) is 3. The fourth-order valence-corrected chi connectivity index (χ4v) is 1.43. The number of hydrazine groups is 1. The standard InChI is InChI=1S/C9H19N3O2/c1-2-7-14-8-6-11-4-3-5-12(10)9(11)13/h2-8,10H2,1H3. The van der Waals surface area contributed by atoms with Gasteiger partial charge in [-0.25, -0.2) is 10.6 Å². The molecule has 1 fully saturated rings. The van der Waals surface area contributed by atoms with Gasteiger partial charge in [0.25, 0.3) is 0 Å². The number of amides is 2. The van der Waals surface area contributed by atoms with E-state index < -0.39 is 0 Å². The van der Waals surface area contributed by atoms with E-state index in [1.54, 1.807) is 4.90 Å². The third-order valence-corrected chi connectivity index (χ3v) is 2.20. The molecular weight excluding hydrogens is 182 g/mol. The highest BCUT2D eigenvalue weighted by atomic mass is 16.5.